The third-order valence-corrected chi connectivity index (χ3v) is 4.21. The molecule has 0 aromatic rings. The fourth-order valence-corrected chi connectivity index (χ4v) is 2.63. The minimum Gasteiger partial charge on any atom is -0.0649 e. The third kappa shape index (κ3) is 3.32. The molecule has 0 nitrogen and oxygen atoms in total. The average Bonchev–Trinajstić information content (AvgIpc) is 2.19. The van der Waals surface area contributed by atoms with Crippen molar-refractivity contribution in [1.29, 1.82) is 0 Å². The lowest BCUT2D eigenvalue weighted by Gasteiger charge is -2.33. The van der Waals surface area contributed by atoms with Crippen LogP contribution in [0.2, 0.25) is 0 Å². The predicted molar refractivity (Wildman–Crippen MR) is 59.9 cm³/mol. The Morgan fingerprint density at radius 1 is 1.00 bits per heavy atom. The van der Waals surface area contributed by atoms with Crippen molar-refractivity contribution in [3.63, 3.8) is 0 Å². The maximum Gasteiger partial charge on any atom is -0.0328 e. The van der Waals surface area contributed by atoms with Gasteiger partial charge in [0.25, 0.3) is 0 Å². The molecule has 1 aliphatic rings. The van der Waals surface area contributed by atoms with Gasteiger partial charge in [-0.05, 0) is 17.8 Å². The van der Waals surface area contributed by atoms with Gasteiger partial charge in [0.15, 0.2) is 0 Å². The lowest BCUT2D eigenvalue weighted by atomic mass is 9.73. The summed E-state index contributed by atoms with van der Waals surface area (Å²) in [5.74, 6) is 1.05. The molecule has 78 valence electrons. The van der Waals surface area contributed by atoms with E-state index in [0.29, 0.717) is 5.41 Å². The highest BCUT2D eigenvalue weighted by Gasteiger charge is 2.25. The summed E-state index contributed by atoms with van der Waals surface area (Å²) in [6.07, 6.45) is 11.7. The fraction of sp³-hybridized carbons (Fsp3) is 1.00. The second-order valence-electron chi connectivity index (χ2n) is 5.23. The molecule has 1 rings (SSSR count). The van der Waals surface area contributed by atoms with E-state index in [2.05, 4.69) is 20.8 Å². The lowest BCUT2D eigenvalue weighted by molar-refractivity contribution is 0.189. The molecule has 0 atom stereocenters. The van der Waals surface area contributed by atoms with Gasteiger partial charge in [-0.3, -0.25) is 0 Å². The van der Waals surface area contributed by atoms with Gasteiger partial charge in [0, 0.05) is 0 Å². The molecule has 13 heavy (non-hydrogen) atoms. The molecular weight excluding hydrogens is 156 g/mol. The van der Waals surface area contributed by atoms with E-state index in [9.17, 15) is 0 Å². The second-order valence-corrected chi connectivity index (χ2v) is 5.23. The van der Waals surface area contributed by atoms with Crippen molar-refractivity contribution in [2.24, 2.45) is 11.3 Å². The van der Waals surface area contributed by atoms with Gasteiger partial charge < -0.3 is 0 Å². The van der Waals surface area contributed by atoms with Crippen molar-refractivity contribution in [2.75, 3.05) is 0 Å². The number of hydrogen-bond acceptors (Lipinski definition) is 0. The van der Waals surface area contributed by atoms with E-state index < -0.39 is 0 Å². The summed E-state index contributed by atoms with van der Waals surface area (Å²) in [6, 6.07) is 0. The van der Waals surface area contributed by atoms with Crippen molar-refractivity contribution in [1.82, 2.24) is 0 Å². The zero-order valence-electron chi connectivity index (χ0n) is 9.73. The lowest BCUT2D eigenvalue weighted by Crippen LogP contribution is -2.20. The van der Waals surface area contributed by atoms with E-state index in [-0.39, 0.29) is 0 Å². The first-order chi connectivity index (χ1) is 6.20. The minimum absolute atomic E-state index is 0.641. The zero-order chi connectivity index (χ0) is 9.73. The highest BCUT2D eigenvalue weighted by atomic mass is 14.3. The van der Waals surface area contributed by atoms with E-state index >= 15 is 0 Å². The van der Waals surface area contributed by atoms with Crippen LogP contribution in [0.25, 0.3) is 0 Å². The van der Waals surface area contributed by atoms with Gasteiger partial charge in [0.05, 0.1) is 0 Å². The summed E-state index contributed by atoms with van der Waals surface area (Å²) in [6.45, 7) is 7.18. The van der Waals surface area contributed by atoms with E-state index in [1.54, 1.807) is 0 Å². The molecule has 0 bridgehead atoms. The van der Waals surface area contributed by atoms with Gasteiger partial charge in [-0.2, -0.15) is 0 Å². The Labute approximate surface area is 84.1 Å². The summed E-state index contributed by atoms with van der Waals surface area (Å²) < 4.78 is 0. The van der Waals surface area contributed by atoms with Gasteiger partial charge in [-0.1, -0.05) is 65.7 Å². The number of rotatable bonds is 4. The monoisotopic (exact) mass is 182 g/mol. The first-order valence-electron chi connectivity index (χ1n) is 6.20. The van der Waals surface area contributed by atoms with Gasteiger partial charge in [-0.15, -0.1) is 0 Å². The van der Waals surface area contributed by atoms with Crippen molar-refractivity contribution in [2.45, 2.75) is 72.1 Å². The first kappa shape index (κ1) is 11.1. The Hall–Kier alpha value is 0. The molecule has 0 aliphatic heterocycles. The first-order valence-corrected chi connectivity index (χ1v) is 6.20. The molecule has 1 aliphatic carbocycles. The van der Waals surface area contributed by atoms with Crippen molar-refractivity contribution in [3.8, 4) is 0 Å². The van der Waals surface area contributed by atoms with Gasteiger partial charge in [0.1, 0.15) is 0 Å². The van der Waals surface area contributed by atoms with Crippen molar-refractivity contribution in [3.05, 3.63) is 0 Å². The number of hydrogen-bond donors (Lipinski definition) is 0. The molecule has 0 radical (unpaired) electrons. The van der Waals surface area contributed by atoms with Crippen LogP contribution in [0.3, 0.4) is 0 Å². The molecule has 0 aromatic carbocycles. The van der Waals surface area contributed by atoms with E-state index in [1.165, 1.54) is 51.4 Å². The highest BCUT2D eigenvalue weighted by Crippen LogP contribution is 2.38. The molecule has 1 fully saturated rings. The van der Waals surface area contributed by atoms with E-state index in [4.69, 9.17) is 0 Å². The van der Waals surface area contributed by atoms with Crippen molar-refractivity contribution >= 4 is 0 Å². The second kappa shape index (κ2) is 5.02. The maximum atomic E-state index is 2.47. The molecule has 0 aromatic heterocycles. The van der Waals surface area contributed by atoms with Crippen LogP contribution >= 0.6 is 0 Å². The molecule has 0 N–H and O–H groups in total. The van der Waals surface area contributed by atoms with Crippen molar-refractivity contribution < 1.29 is 0 Å². The summed E-state index contributed by atoms with van der Waals surface area (Å²) in [7, 11) is 0. The van der Waals surface area contributed by atoms with Crippen LogP contribution in [0.5, 0.6) is 0 Å². The van der Waals surface area contributed by atoms with E-state index in [0.717, 1.165) is 5.92 Å². The summed E-state index contributed by atoms with van der Waals surface area (Å²) in [5.41, 5.74) is 0.641. The van der Waals surface area contributed by atoms with Crippen LogP contribution in [-0.4, -0.2) is 0 Å². The topological polar surface area (TPSA) is 0 Å². The van der Waals surface area contributed by atoms with Gasteiger partial charge >= 0.3 is 0 Å². The molecular formula is C13H26. The Morgan fingerprint density at radius 3 is 2.00 bits per heavy atom. The molecule has 0 unspecified atom stereocenters. The molecule has 0 heteroatoms. The summed E-state index contributed by atoms with van der Waals surface area (Å²) >= 11 is 0. The average molecular weight is 182 g/mol. The van der Waals surface area contributed by atoms with Crippen LogP contribution < -0.4 is 0 Å². The smallest absolute Gasteiger partial charge is 0.0328 e. The van der Waals surface area contributed by atoms with Gasteiger partial charge in [-0.25, -0.2) is 0 Å². The highest BCUT2D eigenvalue weighted by molar-refractivity contribution is 4.77. The Balaban J connectivity index is 2.35. The zero-order valence-corrected chi connectivity index (χ0v) is 9.73. The Morgan fingerprint density at radius 2 is 1.54 bits per heavy atom. The Bertz CT molecular complexity index is 127. The summed E-state index contributed by atoms with van der Waals surface area (Å²) in [5, 5.41) is 0. The van der Waals surface area contributed by atoms with E-state index in [1.807, 2.05) is 0 Å². The molecule has 1 saturated carbocycles. The van der Waals surface area contributed by atoms with Crippen LogP contribution in [0.15, 0.2) is 0 Å². The third-order valence-electron chi connectivity index (χ3n) is 4.21. The molecule has 0 saturated heterocycles. The predicted octanol–water partition coefficient (Wildman–Crippen LogP) is 4.78. The minimum atomic E-state index is 0.641. The van der Waals surface area contributed by atoms with Crippen LogP contribution in [0.4, 0.5) is 0 Å². The van der Waals surface area contributed by atoms with Crippen LogP contribution in [0, 0.1) is 11.3 Å². The summed E-state index contributed by atoms with van der Waals surface area (Å²) in [4.78, 5) is 0. The molecule has 0 spiro atoms. The standard InChI is InChI=1S/C13H26/c1-4-13(3,5-2)11-12-9-7-6-8-10-12/h12H,4-11H2,1-3H3. The SMILES string of the molecule is CCC(C)(CC)CC1CCCCC1. The van der Waals surface area contributed by atoms with Crippen LogP contribution in [-0.2, 0) is 0 Å². The fourth-order valence-electron chi connectivity index (χ4n) is 2.63. The quantitative estimate of drug-likeness (QED) is 0.587. The largest absolute Gasteiger partial charge is 0.0649 e. The molecule has 0 heterocycles. The maximum absolute atomic E-state index is 2.47. The normalized spacial score (nSPS) is 20.5. The molecule has 0 amide bonds. The van der Waals surface area contributed by atoms with Gasteiger partial charge in [0.2, 0.25) is 0 Å². The van der Waals surface area contributed by atoms with Crippen LogP contribution in [0.1, 0.15) is 72.1 Å². The Kier molecular flexibility index (Phi) is 4.28.